The van der Waals surface area contributed by atoms with Gasteiger partial charge in [0.15, 0.2) is 0 Å². The van der Waals surface area contributed by atoms with Gasteiger partial charge in [0.25, 0.3) is 0 Å². The van der Waals surface area contributed by atoms with E-state index in [9.17, 15) is 8.42 Å². The van der Waals surface area contributed by atoms with Gasteiger partial charge in [0, 0.05) is 6.54 Å². The molecule has 0 N–H and O–H groups in total. The second-order valence-corrected chi connectivity index (χ2v) is 7.77. The second kappa shape index (κ2) is 4.94. The highest BCUT2D eigenvalue weighted by atomic mass is 32.2. The molecule has 1 saturated heterocycles. The van der Waals surface area contributed by atoms with Crippen LogP contribution in [0.2, 0.25) is 0 Å². The number of thiophene rings is 1. The van der Waals surface area contributed by atoms with E-state index in [1.165, 1.54) is 10.6 Å². The fourth-order valence-electron chi connectivity index (χ4n) is 2.45. The highest BCUT2D eigenvalue weighted by Gasteiger charge is 2.36. The van der Waals surface area contributed by atoms with Crippen molar-refractivity contribution in [3.05, 3.63) is 22.9 Å². The van der Waals surface area contributed by atoms with Crippen LogP contribution in [-0.2, 0) is 10.0 Å². The van der Waals surface area contributed by atoms with Crippen molar-refractivity contribution in [3.63, 3.8) is 0 Å². The van der Waals surface area contributed by atoms with Crippen LogP contribution < -0.4 is 0 Å². The highest BCUT2D eigenvalue weighted by Crippen LogP contribution is 2.34. The average Bonchev–Trinajstić information content (AvgIpc) is 3.05. The Morgan fingerprint density at radius 1 is 1.50 bits per heavy atom. The molecule has 1 fully saturated rings. The van der Waals surface area contributed by atoms with Gasteiger partial charge in [-0.3, -0.25) is 0 Å². The van der Waals surface area contributed by atoms with Crippen molar-refractivity contribution >= 4 is 21.4 Å². The molecule has 0 radical (unpaired) electrons. The number of aromatic nitrogens is 2. The fourth-order valence-corrected chi connectivity index (χ4v) is 4.42. The van der Waals surface area contributed by atoms with Crippen LogP contribution in [0, 0.1) is 6.92 Å². The van der Waals surface area contributed by atoms with Gasteiger partial charge in [0.1, 0.15) is 6.04 Å². The lowest BCUT2D eigenvalue weighted by Gasteiger charge is -2.18. The minimum atomic E-state index is -3.24. The third-order valence-electron chi connectivity index (χ3n) is 3.42. The monoisotopic (exact) mass is 313 g/mol. The number of rotatable bonds is 3. The first-order valence-electron chi connectivity index (χ1n) is 6.31. The lowest BCUT2D eigenvalue weighted by molar-refractivity contribution is 0.291. The summed E-state index contributed by atoms with van der Waals surface area (Å²) in [6.07, 6.45) is 2.75. The SMILES string of the molecule is Cc1ccsc1-c1noc(C2CCCN2S(C)(=O)=O)n1. The van der Waals surface area contributed by atoms with E-state index in [1.54, 1.807) is 11.3 Å². The summed E-state index contributed by atoms with van der Waals surface area (Å²) >= 11 is 1.55. The van der Waals surface area contributed by atoms with E-state index in [0.29, 0.717) is 18.3 Å². The van der Waals surface area contributed by atoms with Gasteiger partial charge in [0.05, 0.1) is 11.1 Å². The molecule has 1 unspecified atom stereocenters. The van der Waals surface area contributed by atoms with Gasteiger partial charge < -0.3 is 4.52 Å². The third kappa shape index (κ3) is 2.38. The Morgan fingerprint density at radius 2 is 2.30 bits per heavy atom. The average molecular weight is 313 g/mol. The second-order valence-electron chi connectivity index (χ2n) is 4.92. The van der Waals surface area contributed by atoms with Crippen molar-refractivity contribution in [3.8, 4) is 10.7 Å². The Morgan fingerprint density at radius 3 is 2.95 bits per heavy atom. The quantitative estimate of drug-likeness (QED) is 0.868. The Balaban J connectivity index is 1.93. The van der Waals surface area contributed by atoms with Crippen LogP contribution in [0.3, 0.4) is 0 Å². The van der Waals surface area contributed by atoms with Gasteiger partial charge >= 0.3 is 0 Å². The Hall–Kier alpha value is -1.25. The van der Waals surface area contributed by atoms with Gasteiger partial charge in [-0.15, -0.1) is 11.3 Å². The molecule has 0 saturated carbocycles. The van der Waals surface area contributed by atoms with Crippen molar-refractivity contribution < 1.29 is 12.9 Å². The van der Waals surface area contributed by atoms with E-state index in [2.05, 4.69) is 10.1 Å². The van der Waals surface area contributed by atoms with Gasteiger partial charge in [0.2, 0.25) is 21.7 Å². The molecule has 108 valence electrons. The predicted octanol–water partition coefficient (Wildman–Crippen LogP) is 2.20. The van der Waals surface area contributed by atoms with Crippen molar-refractivity contribution in [2.24, 2.45) is 0 Å². The first-order valence-corrected chi connectivity index (χ1v) is 9.04. The van der Waals surface area contributed by atoms with E-state index in [-0.39, 0.29) is 6.04 Å². The normalized spacial score (nSPS) is 20.6. The summed E-state index contributed by atoms with van der Waals surface area (Å²) in [7, 11) is -3.24. The summed E-state index contributed by atoms with van der Waals surface area (Å²) in [5, 5.41) is 5.95. The van der Waals surface area contributed by atoms with Gasteiger partial charge in [-0.25, -0.2) is 8.42 Å². The van der Waals surface area contributed by atoms with Crippen molar-refractivity contribution in [2.45, 2.75) is 25.8 Å². The van der Waals surface area contributed by atoms with Gasteiger partial charge in [-0.1, -0.05) is 5.16 Å². The highest BCUT2D eigenvalue weighted by molar-refractivity contribution is 7.88. The third-order valence-corrected chi connectivity index (χ3v) is 5.72. The molecule has 0 aromatic carbocycles. The van der Waals surface area contributed by atoms with E-state index < -0.39 is 10.0 Å². The predicted molar refractivity (Wildman–Crippen MR) is 75.9 cm³/mol. The van der Waals surface area contributed by atoms with Crippen LogP contribution >= 0.6 is 11.3 Å². The van der Waals surface area contributed by atoms with Crippen LogP contribution in [0.25, 0.3) is 10.7 Å². The van der Waals surface area contributed by atoms with Crippen LogP contribution in [0.15, 0.2) is 16.0 Å². The molecule has 20 heavy (non-hydrogen) atoms. The summed E-state index contributed by atoms with van der Waals surface area (Å²) in [5.74, 6) is 0.920. The molecule has 2 aromatic heterocycles. The largest absolute Gasteiger partial charge is 0.337 e. The number of hydrogen-bond acceptors (Lipinski definition) is 6. The molecule has 1 atom stereocenters. The maximum absolute atomic E-state index is 11.7. The summed E-state index contributed by atoms with van der Waals surface area (Å²) in [6.45, 7) is 2.50. The summed E-state index contributed by atoms with van der Waals surface area (Å²) in [5.41, 5.74) is 1.09. The molecule has 0 aliphatic carbocycles. The fraction of sp³-hybridized carbons (Fsp3) is 0.500. The summed E-state index contributed by atoms with van der Waals surface area (Å²) in [6, 6.07) is 1.67. The molecule has 3 rings (SSSR count). The molecule has 1 aliphatic rings. The Labute approximate surface area is 121 Å². The zero-order chi connectivity index (χ0) is 14.3. The van der Waals surface area contributed by atoms with E-state index in [0.717, 1.165) is 23.3 Å². The smallest absolute Gasteiger partial charge is 0.245 e. The molecule has 8 heteroatoms. The number of nitrogens with zero attached hydrogens (tertiary/aromatic N) is 3. The first-order chi connectivity index (χ1) is 9.47. The topological polar surface area (TPSA) is 76.3 Å². The van der Waals surface area contributed by atoms with E-state index in [4.69, 9.17) is 4.52 Å². The van der Waals surface area contributed by atoms with Crippen molar-refractivity contribution in [1.82, 2.24) is 14.4 Å². The first kappa shape index (κ1) is 13.7. The molecule has 1 aliphatic heterocycles. The van der Waals surface area contributed by atoms with E-state index >= 15 is 0 Å². The minimum absolute atomic E-state index is 0.327. The number of sulfonamides is 1. The molecule has 6 nitrogen and oxygen atoms in total. The van der Waals surface area contributed by atoms with Crippen LogP contribution in [0.5, 0.6) is 0 Å². The Bertz CT molecular complexity index is 720. The molecule has 0 amide bonds. The van der Waals surface area contributed by atoms with Crippen LogP contribution in [0.1, 0.15) is 30.3 Å². The van der Waals surface area contributed by atoms with Gasteiger partial charge in [-0.2, -0.15) is 9.29 Å². The molecule has 3 heterocycles. The molecule has 0 bridgehead atoms. The molecular weight excluding hydrogens is 298 g/mol. The summed E-state index contributed by atoms with van der Waals surface area (Å²) in [4.78, 5) is 5.35. The maximum atomic E-state index is 11.7. The maximum Gasteiger partial charge on any atom is 0.245 e. The van der Waals surface area contributed by atoms with Crippen molar-refractivity contribution in [2.75, 3.05) is 12.8 Å². The van der Waals surface area contributed by atoms with Crippen LogP contribution in [-0.4, -0.2) is 35.7 Å². The Kier molecular flexibility index (Phi) is 3.39. The van der Waals surface area contributed by atoms with Crippen LogP contribution in [0.4, 0.5) is 0 Å². The molecule has 0 spiro atoms. The lowest BCUT2D eigenvalue weighted by Crippen LogP contribution is -2.29. The zero-order valence-corrected chi connectivity index (χ0v) is 12.9. The standard InChI is InChI=1S/C12H15N3O3S2/c1-8-5-7-19-10(8)11-13-12(18-14-11)9-4-3-6-15(9)20(2,16)17/h5,7,9H,3-4,6H2,1-2H3. The zero-order valence-electron chi connectivity index (χ0n) is 11.2. The minimum Gasteiger partial charge on any atom is -0.337 e. The van der Waals surface area contributed by atoms with E-state index in [1.807, 2.05) is 18.4 Å². The molecular formula is C12H15N3O3S2. The van der Waals surface area contributed by atoms with Gasteiger partial charge in [-0.05, 0) is 36.8 Å². The summed E-state index contributed by atoms with van der Waals surface area (Å²) < 4.78 is 30.2. The van der Waals surface area contributed by atoms with Crippen molar-refractivity contribution in [1.29, 1.82) is 0 Å². The number of aryl methyl sites for hydroxylation is 1. The lowest BCUT2D eigenvalue weighted by atomic mass is 10.2. The number of hydrogen-bond donors (Lipinski definition) is 0. The molecule has 2 aromatic rings.